The zero-order valence-electron chi connectivity index (χ0n) is 20.9. The minimum absolute atomic E-state index is 0.0294. The van der Waals surface area contributed by atoms with Gasteiger partial charge in [0.2, 0.25) is 15.9 Å². The number of hydrogen-bond donors (Lipinski definition) is 2. The van der Waals surface area contributed by atoms with Crippen molar-refractivity contribution in [2.24, 2.45) is 13.0 Å². The molecule has 0 bridgehead atoms. The van der Waals surface area contributed by atoms with Gasteiger partial charge in [0.1, 0.15) is 11.9 Å². The highest BCUT2D eigenvalue weighted by molar-refractivity contribution is 7.92. The Hall–Kier alpha value is -2.68. The number of hydrogen-bond acceptors (Lipinski definition) is 8. The number of aryl methyl sites for hydroxylation is 1. The number of imidazole rings is 1. The van der Waals surface area contributed by atoms with Crippen molar-refractivity contribution in [3.05, 3.63) is 36.3 Å². The number of likely N-dealkylation sites (N-methyl/N-ethyl adjacent to an activating group) is 1. The van der Waals surface area contributed by atoms with E-state index in [1.165, 1.54) is 36.3 Å². The lowest BCUT2D eigenvalue weighted by Crippen LogP contribution is -2.48. The van der Waals surface area contributed by atoms with Crippen LogP contribution < -0.4 is 9.46 Å². The van der Waals surface area contributed by atoms with Crippen molar-refractivity contribution in [2.45, 2.75) is 37.4 Å². The molecular formula is C22H33N5O7S2. The van der Waals surface area contributed by atoms with Crippen LogP contribution in [-0.2, 0) is 38.3 Å². The molecule has 0 spiro atoms. The van der Waals surface area contributed by atoms with E-state index in [1.54, 1.807) is 24.9 Å². The van der Waals surface area contributed by atoms with Crippen molar-refractivity contribution < 1.29 is 31.5 Å². The summed E-state index contributed by atoms with van der Waals surface area (Å²) >= 11 is 0. The molecule has 3 atom stereocenters. The number of rotatable bonds is 8. The summed E-state index contributed by atoms with van der Waals surface area (Å²) in [6.07, 6.45) is 3.09. The Balaban J connectivity index is 1.99. The Morgan fingerprint density at radius 2 is 2.00 bits per heavy atom. The van der Waals surface area contributed by atoms with Gasteiger partial charge < -0.3 is 19.3 Å². The molecule has 0 aliphatic carbocycles. The molecule has 0 unspecified atom stereocenters. The van der Waals surface area contributed by atoms with Crippen molar-refractivity contribution in [3.8, 4) is 5.75 Å². The number of nitrogens with one attached hydrogen (secondary N) is 1. The van der Waals surface area contributed by atoms with E-state index in [4.69, 9.17) is 4.74 Å². The predicted octanol–water partition coefficient (Wildman–Crippen LogP) is 0.261. The minimum Gasteiger partial charge on any atom is -0.488 e. The minimum atomic E-state index is -3.90. The summed E-state index contributed by atoms with van der Waals surface area (Å²) in [5.41, 5.74) is 0.714. The molecular weight excluding hydrogens is 510 g/mol. The maximum Gasteiger partial charge on any atom is 0.261 e. The van der Waals surface area contributed by atoms with Gasteiger partial charge in [0.25, 0.3) is 10.0 Å². The fourth-order valence-corrected chi connectivity index (χ4v) is 5.66. The number of aliphatic hydroxyl groups excluding tert-OH is 1. The van der Waals surface area contributed by atoms with E-state index in [0.717, 1.165) is 10.6 Å². The molecule has 14 heteroatoms. The predicted molar refractivity (Wildman–Crippen MR) is 133 cm³/mol. The summed E-state index contributed by atoms with van der Waals surface area (Å²) < 4.78 is 60.9. The number of ether oxygens (including phenoxy) is 1. The summed E-state index contributed by atoms with van der Waals surface area (Å²) in [4.78, 5) is 18.7. The third-order valence-electron chi connectivity index (χ3n) is 6.01. The molecule has 0 saturated carbocycles. The second-order valence-corrected chi connectivity index (χ2v) is 13.0. The number of sulfonamides is 2. The number of anilines is 1. The molecule has 1 amide bonds. The molecule has 1 aromatic heterocycles. The van der Waals surface area contributed by atoms with E-state index >= 15 is 0 Å². The van der Waals surface area contributed by atoms with E-state index in [9.17, 15) is 26.7 Å². The molecule has 0 saturated heterocycles. The molecule has 0 fully saturated rings. The van der Waals surface area contributed by atoms with Crippen LogP contribution >= 0.6 is 0 Å². The van der Waals surface area contributed by atoms with Crippen LogP contribution in [0.2, 0.25) is 0 Å². The van der Waals surface area contributed by atoms with Gasteiger partial charge in [-0.2, -0.15) is 4.31 Å². The Labute approximate surface area is 212 Å². The number of carbonyl (C=O) groups is 1. The van der Waals surface area contributed by atoms with Gasteiger partial charge >= 0.3 is 0 Å². The Morgan fingerprint density at radius 1 is 1.31 bits per heavy atom. The third-order valence-corrected chi connectivity index (χ3v) is 8.33. The number of fused-ring (bicyclic) bond motifs is 1. The van der Waals surface area contributed by atoms with Gasteiger partial charge in [-0.1, -0.05) is 6.92 Å². The lowest BCUT2D eigenvalue weighted by molar-refractivity contribution is -0.134. The SMILES string of the molecule is C[C@H](CO)N1C[C@H](C)[C@@H](CN(C)S(=O)(=O)c2cn(C)cn2)Oc2ccc(NS(C)(=O)=O)cc2CC1=O. The van der Waals surface area contributed by atoms with Gasteiger partial charge in [0.15, 0.2) is 5.03 Å². The maximum absolute atomic E-state index is 13.2. The van der Waals surface area contributed by atoms with E-state index in [0.29, 0.717) is 11.3 Å². The van der Waals surface area contributed by atoms with Gasteiger partial charge in [0, 0.05) is 44.0 Å². The summed E-state index contributed by atoms with van der Waals surface area (Å²) in [6.45, 7) is 3.52. The monoisotopic (exact) mass is 543 g/mol. The van der Waals surface area contributed by atoms with E-state index < -0.39 is 32.2 Å². The highest BCUT2D eigenvalue weighted by Gasteiger charge is 2.34. The van der Waals surface area contributed by atoms with Crippen LogP contribution in [0, 0.1) is 5.92 Å². The zero-order valence-corrected chi connectivity index (χ0v) is 22.6. The first-order valence-electron chi connectivity index (χ1n) is 11.3. The standard InChI is InChI=1S/C22H33N5O7S2/c1-15-10-27(16(2)13-28)22(29)9-17-8-18(24-35(5,30)31)6-7-19(17)34-20(15)11-26(4)36(32,33)21-12-25(3)14-23-21/h6-8,12,14-16,20,24,28H,9-11,13H2,1-5H3/t15-,16+,20+/m0/s1. The lowest BCUT2D eigenvalue weighted by atomic mass is 10.0. The fraction of sp³-hybridized carbons (Fsp3) is 0.545. The summed E-state index contributed by atoms with van der Waals surface area (Å²) in [5, 5.41) is 9.65. The Bertz CT molecular complexity index is 1310. The average molecular weight is 544 g/mol. The second kappa shape index (κ2) is 10.7. The van der Waals surface area contributed by atoms with E-state index in [-0.39, 0.29) is 48.7 Å². The van der Waals surface area contributed by atoms with Gasteiger partial charge in [-0.15, -0.1) is 0 Å². The Kier molecular flexibility index (Phi) is 8.33. The molecule has 1 aliphatic heterocycles. The first-order valence-corrected chi connectivity index (χ1v) is 14.7. The van der Waals surface area contributed by atoms with Crippen LogP contribution in [0.1, 0.15) is 19.4 Å². The van der Waals surface area contributed by atoms with Crippen molar-refractivity contribution >= 4 is 31.6 Å². The number of aliphatic hydroxyl groups is 1. The summed E-state index contributed by atoms with van der Waals surface area (Å²) in [5.74, 6) is -0.231. The van der Waals surface area contributed by atoms with Crippen molar-refractivity contribution in [2.75, 3.05) is 37.7 Å². The van der Waals surface area contributed by atoms with Gasteiger partial charge in [-0.25, -0.2) is 21.8 Å². The van der Waals surface area contributed by atoms with Gasteiger partial charge in [0.05, 0.1) is 38.2 Å². The van der Waals surface area contributed by atoms with Crippen molar-refractivity contribution in [1.82, 2.24) is 18.8 Å². The van der Waals surface area contributed by atoms with Crippen LogP contribution in [0.3, 0.4) is 0 Å². The second-order valence-electron chi connectivity index (χ2n) is 9.25. The molecule has 2 N–H and O–H groups in total. The smallest absolute Gasteiger partial charge is 0.261 e. The number of aromatic nitrogens is 2. The average Bonchev–Trinajstić information content (AvgIpc) is 3.24. The third kappa shape index (κ3) is 6.55. The van der Waals surface area contributed by atoms with E-state index in [1.807, 2.05) is 6.92 Å². The molecule has 2 aromatic rings. The maximum atomic E-state index is 13.2. The van der Waals surface area contributed by atoms with Crippen LogP contribution in [-0.4, -0.2) is 91.8 Å². The molecule has 12 nitrogen and oxygen atoms in total. The number of carbonyl (C=O) groups excluding carboxylic acids is 1. The van der Waals surface area contributed by atoms with Crippen LogP contribution in [0.5, 0.6) is 5.75 Å². The van der Waals surface area contributed by atoms with E-state index in [2.05, 4.69) is 9.71 Å². The quantitative estimate of drug-likeness (QED) is 0.481. The largest absolute Gasteiger partial charge is 0.488 e. The molecule has 1 aromatic carbocycles. The lowest BCUT2D eigenvalue weighted by Gasteiger charge is -2.33. The molecule has 36 heavy (non-hydrogen) atoms. The molecule has 200 valence electrons. The number of benzene rings is 1. The highest BCUT2D eigenvalue weighted by atomic mass is 32.2. The highest BCUT2D eigenvalue weighted by Crippen LogP contribution is 2.30. The van der Waals surface area contributed by atoms with Crippen LogP contribution in [0.25, 0.3) is 0 Å². The molecule has 2 heterocycles. The van der Waals surface area contributed by atoms with Crippen molar-refractivity contribution in [3.63, 3.8) is 0 Å². The summed E-state index contributed by atoms with van der Waals surface area (Å²) in [7, 11) is -4.33. The molecule has 1 aliphatic rings. The van der Waals surface area contributed by atoms with Gasteiger partial charge in [-0.3, -0.25) is 9.52 Å². The number of amides is 1. The molecule has 3 rings (SSSR count). The van der Waals surface area contributed by atoms with Crippen LogP contribution in [0.4, 0.5) is 5.69 Å². The normalized spacial score (nSPS) is 20.2. The zero-order chi connectivity index (χ0) is 26.8. The number of nitrogens with zero attached hydrogens (tertiary/aromatic N) is 4. The van der Waals surface area contributed by atoms with Gasteiger partial charge in [-0.05, 0) is 25.1 Å². The topological polar surface area (TPSA) is 151 Å². The molecule has 0 radical (unpaired) electrons. The first-order chi connectivity index (χ1) is 16.7. The fourth-order valence-electron chi connectivity index (χ4n) is 3.96. The van der Waals surface area contributed by atoms with Crippen LogP contribution in [0.15, 0.2) is 35.7 Å². The Morgan fingerprint density at radius 3 is 2.58 bits per heavy atom. The van der Waals surface area contributed by atoms with Crippen molar-refractivity contribution in [1.29, 1.82) is 0 Å². The first kappa shape index (κ1) is 27.9. The summed E-state index contributed by atoms with van der Waals surface area (Å²) in [6, 6.07) is 4.13.